The summed E-state index contributed by atoms with van der Waals surface area (Å²) in [6, 6.07) is 11.9. The van der Waals surface area contributed by atoms with Gasteiger partial charge in [0.1, 0.15) is 0 Å². The third-order valence-electron chi connectivity index (χ3n) is 3.22. The van der Waals surface area contributed by atoms with E-state index in [4.69, 9.17) is 21.1 Å². The van der Waals surface area contributed by atoms with Crippen LogP contribution in [0.5, 0.6) is 11.5 Å². The quantitative estimate of drug-likeness (QED) is 0.775. The monoisotopic (exact) mass is 369 g/mol. The SMILES string of the molecule is COc1cc(Cl)c(NC(C)c2ccc(Br)cc2)cc1OC. The number of ether oxygens (including phenoxy) is 2. The molecule has 1 atom stereocenters. The lowest BCUT2D eigenvalue weighted by molar-refractivity contribution is 0.355. The van der Waals surface area contributed by atoms with Crippen LogP contribution in [0.15, 0.2) is 40.9 Å². The van der Waals surface area contributed by atoms with Crippen LogP contribution < -0.4 is 14.8 Å². The molecule has 112 valence electrons. The minimum atomic E-state index is 0.119. The van der Waals surface area contributed by atoms with E-state index in [1.807, 2.05) is 18.2 Å². The molecule has 0 aliphatic heterocycles. The second-order valence-corrected chi connectivity index (χ2v) is 5.93. The number of hydrogen-bond donors (Lipinski definition) is 1. The Morgan fingerprint density at radius 2 is 1.62 bits per heavy atom. The number of anilines is 1. The van der Waals surface area contributed by atoms with Gasteiger partial charge in [-0.25, -0.2) is 0 Å². The maximum absolute atomic E-state index is 6.29. The van der Waals surface area contributed by atoms with Gasteiger partial charge in [-0.3, -0.25) is 0 Å². The van der Waals surface area contributed by atoms with E-state index in [-0.39, 0.29) is 6.04 Å². The average Bonchev–Trinajstić information content (AvgIpc) is 2.49. The third kappa shape index (κ3) is 3.83. The van der Waals surface area contributed by atoms with Crippen molar-refractivity contribution in [3.63, 3.8) is 0 Å². The molecule has 0 spiro atoms. The molecule has 0 heterocycles. The molecule has 2 rings (SSSR count). The fourth-order valence-electron chi connectivity index (χ4n) is 2.03. The van der Waals surface area contributed by atoms with Gasteiger partial charge >= 0.3 is 0 Å². The largest absolute Gasteiger partial charge is 0.493 e. The first kappa shape index (κ1) is 16.0. The smallest absolute Gasteiger partial charge is 0.162 e. The lowest BCUT2D eigenvalue weighted by atomic mass is 10.1. The number of hydrogen-bond acceptors (Lipinski definition) is 3. The lowest BCUT2D eigenvalue weighted by Crippen LogP contribution is -2.07. The van der Waals surface area contributed by atoms with Crippen LogP contribution in [-0.2, 0) is 0 Å². The van der Waals surface area contributed by atoms with Crippen LogP contribution in [-0.4, -0.2) is 14.2 Å². The van der Waals surface area contributed by atoms with Crippen LogP contribution in [0, 0.1) is 0 Å². The summed E-state index contributed by atoms with van der Waals surface area (Å²) in [7, 11) is 3.19. The average molecular weight is 371 g/mol. The van der Waals surface area contributed by atoms with E-state index in [0.717, 1.165) is 10.2 Å². The third-order valence-corrected chi connectivity index (χ3v) is 4.06. The number of nitrogens with one attached hydrogen (secondary N) is 1. The topological polar surface area (TPSA) is 30.5 Å². The Bertz CT molecular complexity index is 616. The van der Waals surface area contributed by atoms with E-state index in [1.165, 1.54) is 5.56 Å². The zero-order valence-electron chi connectivity index (χ0n) is 12.1. The summed E-state index contributed by atoms with van der Waals surface area (Å²) in [6.07, 6.45) is 0. The minimum Gasteiger partial charge on any atom is -0.493 e. The molecule has 5 heteroatoms. The van der Waals surface area contributed by atoms with E-state index in [2.05, 4.69) is 40.3 Å². The molecule has 21 heavy (non-hydrogen) atoms. The van der Waals surface area contributed by atoms with Gasteiger partial charge in [0, 0.05) is 22.6 Å². The number of methoxy groups -OCH3 is 2. The molecule has 0 fully saturated rings. The van der Waals surface area contributed by atoms with Crippen LogP contribution >= 0.6 is 27.5 Å². The highest BCUT2D eigenvalue weighted by atomic mass is 79.9. The second-order valence-electron chi connectivity index (χ2n) is 4.60. The fourth-order valence-corrected chi connectivity index (χ4v) is 2.51. The van der Waals surface area contributed by atoms with Crippen molar-refractivity contribution in [1.82, 2.24) is 0 Å². The van der Waals surface area contributed by atoms with Crippen molar-refractivity contribution in [1.29, 1.82) is 0 Å². The van der Waals surface area contributed by atoms with Gasteiger partial charge in [0.15, 0.2) is 11.5 Å². The van der Waals surface area contributed by atoms with Crippen molar-refractivity contribution >= 4 is 33.2 Å². The van der Waals surface area contributed by atoms with Crippen LogP contribution in [0.3, 0.4) is 0 Å². The van der Waals surface area contributed by atoms with E-state index < -0.39 is 0 Å². The molecule has 0 aliphatic carbocycles. The number of halogens is 2. The van der Waals surface area contributed by atoms with Crippen molar-refractivity contribution < 1.29 is 9.47 Å². The molecule has 0 saturated heterocycles. The molecular formula is C16H17BrClNO2. The van der Waals surface area contributed by atoms with Crippen molar-refractivity contribution in [2.24, 2.45) is 0 Å². The fraction of sp³-hybridized carbons (Fsp3) is 0.250. The van der Waals surface area contributed by atoms with E-state index in [9.17, 15) is 0 Å². The summed E-state index contributed by atoms with van der Waals surface area (Å²) in [6.45, 7) is 2.08. The standard InChI is InChI=1S/C16H17BrClNO2/c1-10(11-4-6-12(17)7-5-11)19-14-9-16(21-3)15(20-2)8-13(14)18/h4-10,19H,1-3H3. The van der Waals surface area contributed by atoms with E-state index >= 15 is 0 Å². The Hall–Kier alpha value is -1.39. The van der Waals surface area contributed by atoms with E-state index in [1.54, 1.807) is 20.3 Å². The van der Waals surface area contributed by atoms with Gasteiger partial charge < -0.3 is 14.8 Å². The molecule has 1 N–H and O–H groups in total. The first-order valence-electron chi connectivity index (χ1n) is 6.48. The molecular weight excluding hydrogens is 354 g/mol. The van der Waals surface area contributed by atoms with Crippen molar-refractivity contribution in [3.8, 4) is 11.5 Å². The summed E-state index contributed by atoms with van der Waals surface area (Å²) in [5.74, 6) is 1.26. The Balaban J connectivity index is 2.24. The highest BCUT2D eigenvalue weighted by molar-refractivity contribution is 9.10. The Morgan fingerprint density at radius 3 is 2.19 bits per heavy atom. The highest BCUT2D eigenvalue weighted by Crippen LogP contribution is 2.37. The first-order chi connectivity index (χ1) is 10.0. The van der Waals surface area contributed by atoms with Gasteiger partial charge in [0.25, 0.3) is 0 Å². The van der Waals surface area contributed by atoms with Gasteiger partial charge in [-0.1, -0.05) is 39.7 Å². The predicted molar refractivity (Wildman–Crippen MR) is 90.7 cm³/mol. The molecule has 1 unspecified atom stereocenters. The Kier molecular flexibility index (Phi) is 5.37. The number of rotatable bonds is 5. The van der Waals surface area contributed by atoms with Crippen LogP contribution in [0.1, 0.15) is 18.5 Å². The maximum Gasteiger partial charge on any atom is 0.162 e. The van der Waals surface area contributed by atoms with Gasteiger partial charge in [0.05, 0.1) is 24.9 Å². The predicted octanol–water partition coefficient (Wildman–Crippen LogP) is 5.29. The molecule has 0 bridgehead atoms. The number of benzene rings is 2. The lowest BCUT2D eigenvalue weighted by Gasteiger charge is -2.18. The normalized spacial score (nSPS) is 11.9. The summed E-state index contributed by atoms with van der Waals surface area (Å²) in [5, 5.41) is 3.98. The maximum atomic E-state index is 6.29. The summed E-state index contributed by atoms with van der Waals surface area (Å²) in [4.78, 5) is 0. The first-order valence-corrected chi connectivity index (χ1v) is 7.65. The Labute approximate surface area is 138 Å². The molecule has 0 amide bonds. The zero-order valence-corrected chi connectivity index (χ0v) is 14.5. The van der Waals surface area contributed by atoms with Crippen molar-refractivity contribution in [2.45, 2.75) is 13.0 Å². The van der Waals surface area contributed by atoms with Gasteiger partial charge in [-0.15, -0.1) is 0 Å². The Morgan fingerprint density at radius 1 is 1.05 bits per heavy atom. The molecule has 2 aromatic rings. The summed E-state index contributed by atoms with van der Waals surface area (Å²) >= 11 is 9.72. The minimum absolute atomic E-state index is 0.119. The van der Waals surface area contributed by atoms with Crippen LogP contribution in [0.2, 0.25) is 5.02 Å². The molecule has 0 aromatic heterocycles. The van der Waals surface area contributed by atoms with Crippen LogP contribution in [0.4, 0.5) is 5.69 Å². The summed E-state index contributed by atoms with van der Waals surface area (Å²) in [5.41, 5.74) is 1.98. The van der Waals surface area contributed by atoms with Crippen molar-refractivity contribution in [3.05, 3.63) is 51.5 Å². The zero-order chi connectivity index (χ0) is 15.4. The molecule has 0 aliphatic rings. The van der Waals surface area contributed by atoms with Crippen molar-refractivity contribution in [2.75, 3.05) is 19.5 Å². The highest BCUT2D eigenvalue weighted by Gasteiger charge is 2.12. The van der Waals surface area contributed by atoms with Gasteiger partial charge in [-0.05, 0) is 24.6 Å². The van der Waals surface area contributed by atoms with Crippen LogP contribution in [0.25, 0.3) is 0 Å². The molecule has 0 radical (unpaired) electrons. The molecule has 3 nitrogen and oxygen atoms in total. The van der Waals surface area contributed by atoms with Gasteiger partial charge in [0.2, 0.25) is 0 Å². The second kappa shape index (κ2) is 7.05. The molecule has 2 aromatic carbocycles. The molecule has 0 saturated carbocycles. The van der Waals surface area contributed by atoms with Gasteiger partial charge in [-0.2, -0.15) is 0 Å². The summed E-state index contributed by atoms with van der Waals surface area (Å²) < 4.78 is 11.6. The van der Waals surface area contributed by atoms with E-state index in [0.29, 0.717) is 16.5 Å².